The summed E-state index contributed by atoms with van der Waals surface area (Å²) < 4.78 is 10.9. The van der Waals surface area contributed by atoms with Crippen molar-refractivity contribution in [3.05, 3.63) is 59.6 Å². The third-order valence-electron chi connectivity index (χ3n) is 3.77. The first kappa shape index (κ1) is 13.7. The number of Topliss-reactive ketones (excluding diaryl/α,β-unsaturated/α-hetero) is 1. The van der Waals surface area contributed by atoms with Crippen LogP contribution in [0.1, 0.15) is 28.8 Å². The van der Waals surface area contributed by atoms with Crippen LogP contribution in [0.2, 0.25) is 0 Å². The van der Waals surface area contributed by atoms with Gasteiger partial charge in [-0.1, -0.05) is 0 Å². The summed E-state index contributed by atoms with van der Waals surface area (Å²) in [4.78, 5) is 28.0. The van der Waals surface area contributed by atoms with Crippen LogP contribution in [0.25, 0.3) is 6.08 Å². The Kier molecular flexibility index (Phi) is 3.19. The Balaban J connectivity index is 1.58. The van der Waals surface area contributed by atoms with Crippen LogP contribution >= 0.6 is 0 Å². The Morgan fingerprint density at radius 3 is 2.74 bits per heavy atom. The van der Waals surface area contributed by atoms with Crippen molar-refractivity contribution in [1.82, 2.24) is 4.98 Å². The van der Waals surface area contributed by atoms with Crippen LogP contribution in [0.4, 0.5) is 0 Å². The molecule has 4 rings (SSSR count). The average Bonchev–Trinajstić information content (AvgIpc) is 3.36. The average molecular weight is 307 g/mol. The first-order valence-electron chi connectivity index (χ1n) is 7.41. The van der Waals surface area contributed by atoms with Crippen molar-refractivity contribution < 1.29 is 19.1 Å². The Morgan fingerprint density at radius 2 is 2.00 bits per heavy atom. The fraction of sp³-hybridized carbons (Fsp3) is 0.167. The summed E-state index contributed by atoms with van der Waals surface area (Å²) in [6.07, 6.45) is 6.73. The molecule has 1 aliphatic carbocycles. The highest BCUT2D eigenvalue weighted by Crippen LogP contribution is 2.36. The second kappa shape index (κ2) is 5.35. The molecule has 1 fully saturated rings. The van der Waals surface area contributed by atoms with Crippen molar-refractivity contribution in [2.45, 2.75) is 12.8 Å². The smallest absolute Gasteiger partial charge is 0.314 e. The molecule has 0 N–H and O–H groups in total. The van der Waals surface area contributed by atoms with Gasteiger partial charge in [-0.05, 0) is 48.7 Å². The Labute approximate surface area is 132 Å². The van der Waals surface area contributed by atoms with Crippen LogP contribution in [-0.4, -0.2) is 16.7 Å². The molecule has 1 aliphatic heterocycles. The lowest BCUT2D eigenvalue weighted by molar-refractivity contribution is -0.135. The van der Waals surface area contributed by atoms with Gasteiger partial charge in [-0.3, -0.25) is 14.6 Å². The van der Waals surface area contributed by atoms with Crippen LogP contribution in [0.5, 0.6) is 11.5 Å². The number of pyridine rings is 1. The van der Waals surface area contributed by atoms with Gasteiger partial charge in [0, 0.05) is 18.5 Å². The van der Waals surface area contributed by atoms with Gasteiger partial charge in [0.2, 0.25) is 5.78 Å². The fourth-order valence-corrected chi connectivity index (χ4v) is 2.36. The van der Waals surface area contributed by atoms with Crippen LogP contribution in [-0.2, 0) is 4.79 Å². The molecule has 0 radical (unpaired) electrons. The molecule has 2 aliphatic rings. The molecule has 2 aromatic rings. The predicted octanol–water partition coefficient (Wildman–Crippen LogP) is 3.01. The fourth-order valence-electron chi connectivity index (χ4n) is 2.36. The minimum absolute atomic E-state index is 0.0213. The van der Waals surface area contributed by atoms with Crippen molar-refractivity contribution in [3.8, 4) is 11.5 Å². The third kappa shape index (κ3) is 2.73. The molecule has 1 aromatic heterocycles. The quantitative estimate of drug-likeness (QED) is 0.495. The number of carbonyl (C=O) groups is 2. The molecule has 23 heavy (non-hydrogen) atoms. The molecule has 5 nitrogen and oxygen atoms in total. The zero-order valence-electron chi connectivity index (χ0n) is 12.2. The Bertz CT molecular complexity index is 822. The molecule has 0 atom stereocenters. The van der Waals surface area contributed by atoms with Gasteiger partial charge in [0.15, 0.2) is 5.76 Å². The van der Waals surface area contributed by atoms with Gasteiger partial charge in [0.05, 0.1) is 11.5 Å². The number of ether oxygens (including phenoxy) is 2. The number of benzene rings is 1. The van der Waals surface area contributed by atoms with Gasteiger partial charge in [0.1, 0.15) is 11.5 Å². The van der Waals surface area contributed by atoms with Crippen molar-refractivity contribution in [1.29, 1.82) is 0 Å². The van der Waals surface area contributed by atoms with E-state index in [-0.39, 0.29) is 23.4 Å². The van der Waals surface area contributed by atoms with E-state index in [1.807, 2.05) is 0 Å². The minimum atomic E-state index is -0.221. The lowest BCUT2D eigenvalue weighted by Crippen LogP contribution is -2.09. The van der Waals surface area contributed by atoms with Gasteiger partial charge in [-0.15, -0.1) is 0 Å². The molecule has 0 saturated heterocycles. The van der Waals surface area contributed by atoms with Gasteiger partial charge >= 0.3 is 5.97 Å². The zero-order valence-corrected chi connectivity index (χ0v) is 12.2. The summed E-state index contributed by atoms with van der Waals surface area (Å²) in [5.41, 5.74) is 1.30. The topological polar surface area (TPSA) is 65.5 Å². The number of rotatable bonds is 3. The molecule has 0 amide bonds. The maximum atomic E-state index is 12.3. The summed E-state index contributed by atoms with van der Waals surface area (Å²) >= 11 is 0. The number of esters is 1. The molecular weight excluding hydrogens is 294 g/mol. The van der Waals surface area contributed by atoms with Gasteiger partial charge in [-0.25, -0.2) is 0 Å². The number of allylic oxidation sites excluding steroid dienone is 1. The van der Waals surface area contributed by atoms with E-state index in [1.54, 1.807) is 48.8 Å². The highest BCUT2D eigenvalue weighted by atomic mass is 16.5. The van der Waals surface area contributed by atoms with Crippen molar-refractivity contribution in [2.75, 3.05) is 0 Å². The van der Waals surface area contributed by atoms with E-state index in [2.05, 4.69) is 4.98 Å². The van der Waals surface area contributed by atoms with Crippen molar-refractivity contribution in [2.24, 2.45) is 5.92 Å². The Morgan fingerprint density at radius 1 is 1.22 bits per heavy atom. The number of hydrogen-bond acceptors (Lipinski definition) is 5. The van der Waals surface area contributed by atoms with E-state index in [0.717, 1.165) is 18.4 Å². The van der Waals surface area contributed by atoms with E-state index < -0.39 is 0 Å². The molecule has 5 heteroatoms. The van der Waals surface area contributed by atoms with Gasteiger partial charge in [0.25, 0.3) is 0 Å². The van der Waals surface area contributed by atoms with Crippen LogP contribution < -0.4 is 9.47 Å². The maximum Gasteiger partial charge on any atom is 0.314 e. The number of ketones is 1. The summed E-state index contributed by atoms with van der Waals surface area (Å²) in [5.74, 6) is 0.679. The summed E-state index contributed by atoms with van der Waals surface area (Å²) in [5, 5.41) is 0. The number of aromatic nitrogens is 1. The molecule has 1 aromatic carbocycles. The monoisotopic (exact) mass is 307 g/mol. The number of hydrogen-bond donors (Lipinski definition) is 0. The number of fused-ring (bicyclic) bond motifs is 1. The van der Waals surface area contributed by atoms with Gasteiger partial charge < -0.3 is 9.47 Å². The minimum Gasteiger partial charge on any atom is -0.452 e. The lowest BCUT2D eigenvalue weighted by Gasteiger charge is -2.04. The summed E-state index contributed by atoms with van der Waals surface area (Å²) in [7, 11) is 0. The third-order valence-corrected chi connectivity index (χ3v) is 3.77. The van der Waals surface area contributed by atoms with E-state index in [1.165, 1.54) is 0 Å². The SMILES string of the molecule is O=C1/C(=C/c2ccncc2)Oc2cc(OC(=O)C3CC3)ccc21. The van der Waals surface area contributed by atoms with Crippen LogP contribution in [0.15, 0.2) is 48.5 Å². The second-order valence-corrected chi connectivity index (χ2v) is 5.57. The normalized spacial score (nSPS) is 17.7. The lowest BCUT2D eigenvalue weighted by atomic mass is 10.1. The van der Waals surface area contributed by atoms with E-state index in [4.69, 9.17) is 9.47 Å². The first-order chi connectivity index (χ1) is 11.2. The Hall–Kier alpha value is -2.95. The second-order valence-electron chi connectivity index (χ2n) is 5.57. The highest BCUT2D eigenvalue weighted by Gasteiger charge is 2.32. The maximum absolute atomic E-state index is 12.3. The highest BCUT2D eigenvalue weighted by molar-refractivity contribution is 6.14. The zero-order chi connectivity index (χ0) is 15.8. The predicted molar refractivity (Wildman–Crippen MR) is 82.0 cm³/mol. The molecule has 1 saturated carbocycles. The molecular formula is C18H13NO4. The molecule has 0 unspecified atom stereocenters. The van der Waals surface area contributed by atoms with Gasteiger partial charge in [-0.2, -0.15) is 0 Å². The van der Waals surface area contributed by atoms with E-state index >= 15 is 0 Å². The summed E-state index contributed by atoms with van der Waals surface area (Å²) in [6, 6.07) is 8.40. The van der Waals surface area contributed by atoms with Crippen molar-refractivity contribution >= 4 is 17.8 Å². The molecule has 2 heterocycles. The molecule has 0 spiro atoms. The largest absolute Gasteiger partial charge is 0.452 e. The summed E-state index contributed by atoms with van der Waals surface area (Å²) in [6.45, 7) is 0. The van der Waals surface area contributed by atoms with E-state index in [9.17, 15) is 9.59 Å². The van der Waals surface area contributed by atoms with Crippen molar-refractivity contribution in [3.63, 3.8) is 0 Å². The standard InChI is InChI=1S/C18H13NO4/c20-17-14-4-3-13(22-18(21)12-1-2-12)10-15(14)23-16(17)9-11-5-7-19-8-6-11/h3-10,12H,1-2H2/b16-9-. The number of nitrogens with zero attached hydrogens (tertiary/aromatic N) is 1. The number of carbonyl (C=O) groups excluding carboxylic acids is 2. The molecule has 114 valence electrons. The van der Waals surface area contributed by atoms with Crippen LogP contribution in [0, 0.1) is 5.92 Å². The van der Waals surface area contributed by atoms with Crippen LogP contribution in [0.3, 0.4) is 0 Å². The first-order valence-corrected chi connectivity index (χ1v) is 7.41. The van der Waals surface area contributed by atoms with E-state index in [0.29, 0.717) is 17.1 Å². The molecule has 0 bridgehead atoms.